The van der Waals surface area contributed by atoms with E-state index in [1.54, 1.807) is 24.7 Å². The van der Waals surface area contributed by atoms with Crippen LogP contribution in [0.25, 0.3) is 0 Å². The second-order valence-electron chi connectivity index (χ2n) is 1.88. The Labute approximate surface area is 59.5 Å². The van der Waals surface area contributed by atoms with Gasteiger partial charge in [0.15, 0.2) is 0 Å². The van der Waals surface area contributed by atoms with Gasteiger partial charge in [-0.2, -0.15) is 5.10 Å². The highest BCUT2D eigenvalue weighted by Gasteiger charge is 1.70. The molecule has 1 aromatic heterocycles. The molecule has 0 amide bonds. The molecule has 0 aromatic carbocycles. The molecule has 3 nitrogen and oxygen atoms in total. The van der Waals surface area contributed by atoms with Crippen molar-refractivity contribution < 1.29 is 0 Å². The van der Waals surface area contributed by atoms with E-state index in [0.717, 1.165) is 5.69 Å². The lowest BCUT2D eigenvalue weighted by Gasteiger charge is -1.78. The number of hydrogen-bond acceptors (Lipinski definition) is 2. The van der Waals surface area contributed by atoms with Gasteiger partial charge in [-0.15, -0.1) is 0 Å². The zero-order valence-corrected chi connectivity index (χ0v) is 5.78. The Morgan fingerprint density at radius 3 is 3.10 bits per heavy atom. The summed E-state index contributed by atoms with van der Waals surface area (Å²) in [6.07, 6.45) is 5.05. The Bertz CT molecular complexity index is 216. The van der Waals surface area contributed by atoms with Crippen molar-refractivity contribution in [2.45, 2.75) is 6.92 Å². The van der Waals surface area contributed by atoms with E-state index in [2.05, 4.69) is 15.2 Å². The van der Waals surface area contributed by atoms with Crippen LogP contribution >= 0.6 is 0 Å². The average molecular weight is 135 g/mol. The van der Waals surface area contributed by atoms with Crippen molar-refractivity contribution in [1.82, 2.24) is 15.2 Å². The molecule has 0 bridgehead atoms. The van der Waals surface area contributed by atoms with Crippen molar-refractivity contribution in [3.8, 4) is 0 Å². The quantitative estimate of drug-likeness (QED) is 0.581. The molecule has 0 aliphatic carbocycles. The van der Waals surface area contributed by atoms with Crippen molar-refractivity contribution in [1.29, 1.82) is 0 Å². The Morgan fingerprint density at radius 1 is 1.30 bits per heavy atom. The van der Waals surface area contributed by atoms with Gasteiger partial charge in [0.25, 0.3) is 0 Å². The molecule has 10 heavy (non-hydrogen) atoms. The smallest absolute Gasteiger partial charge is 0.0487 e. The van der Waals surface area contributed by atoms with Crippen molar-refractivity contribution in [3.05, 3.63) is 36.4 Å². The van der Waals surface area contributed by atoms with Crippen LogP contribution in [-0.2, 0) is 0 Å². The molecule has 0 fully saturated rings. The van der Waals surface area contributed by atoms with Crippen LogP contribution in [0.1, 0.15) is 5.69 Å². The number of aromatic amines is 1. The maximum absolute atomic E-state index is 3.93. The molecule has 0 radical (unpaired) electrons. The molecule has 1 aromatic rings. The minimum absolute atomic E-state index is 0.976. The van der Waals surface area contributed by atoms with Gasteiger partial charge >= 0.3 is 0 Å². The summed E-state index contributed by atoms with van der Waals surface area (Å²) in [6.45, 7) is 1.93. The second kappa shape index (κ2) is 3.61. The molecule has 0 spiro atoms. The molecular formula is C7H9N3. The van der Waals surface area contributed by atoms with Crippen LogP contribution in [0, 0.1) is 6.92 Å². The highest BCUT2D eigenvalue weighted by atomic mass is 15.1. The van der Waals surface area contributed by atoms with Crippen LogP contribution in [0.3, 0.4) is 0 Å². The molecular weight excluding hydrogens is 126 g/mol. The number of H-pyrrole nitrogens is 1. The zero-order valence-electron chi connectivity index (χ0n) is 5.78. The first kappa shape index (κ1) is 6.74. The van der Waals surface area contributed by atoms with Gasteiger partial charge in [-0.1, -0.05) is 0 Å². The van der Waals surface area contributed by atoms with Crippen LogP contribution in [0.15, 0.2) is 30.7 Å². The van der Waals surface area contributed by atoms with Crippen LogP contribution in [0.4, 0.5) is 0 Å². The van der Waals surface area contributed by atoms with Crippen LogP contribution in [0.2, 0.25) is 0 Å². The third-order valence-corrected chi connectivity index (χ3v) is 0.984. The summed E-state index contributed by atoms with van der Waals surface area (Å²) in [5, 5.41) is 6.67. The highest BCUT2D eigenvalue weighted by molar-refractivity contribution is 4.90. The number of nitrogens with zero attached hydrogens (tertiary/aromatic N) is 2. The Kier molecular flexibility index (Phi) is 2.43. The minimum atomic E-state index is 0.976. The standard InChI is InChI=1S/C7H9N3/c1-7-3-6-8-4-2-5-9-10-7/h2-6,10H,1H3. The fourth-order valence-electron chi connectivity index (χ4n) is 0.512. The average Bonchev–Trinajstić information content (AvgIpc) is 2.02. The molecule has 3 heteroatoms. The highest BCUT2D eigenvalue weighted by Crippen LogP contribution is 1.79. The number of hydrogen-bond donors (Lipinski definition) is 1. The van der Waals surface area contributed by atoms with Crippen molar-refractivity contribution >= 4 is 0 Å². The SMILES string of the molecule is Cc1ccncccn[nH]1. The molecule has 0 saturated carbocycles. The number of aryl methyl sites for hydroxylation is 1. The van der Waals surface area contributed by atoms with Crippen molar-refractivity contribution in [2.24, 2.45) is 0 Å². The molecule has 0 unspecified atom stereocenters. The van der Waals surface area contributed by atoms with Gasteiger partial charge in [0.1, 0.15) is 0 Å². The van der Waals surface area contributed by atoms with E-state index in [9.17, 15) is 0 Å². The van der Waals surface area contributed by atoms with Gasteiger partial charge in [0.05, 0.1) is 0 Å². The van der Waals surface area contributed by atoms with E-state index >= 15 is 0 Å². The number of aromatic nitrogens is 3. The topological polar surface area (TPSA) is 41.6 Å². The van der Waals surface area contributed by atoms with E-state index in [-0.39, 0.29) is 0 Å². The fourth-order valence-corrected chi connectivity index (χ4v) is 0.512. The van der Waals surface area contributed by atoms with Crippen LogP contribution in [0.5, 0.6) is 0 Å². The molecule has 0 aliphatic heterocycles. The molecule has 0 aliphatic rings. The third kappa shape index (κ3) is 2.26. The van der Waals surface area contributed by atoms with E-state index in [0.29, 0.717) is 0 Å². The van der Waals surface area contributed by atoms with Crippen molar-refractivity contribution in [2.75, 3.05) is 0 Å². The van der Waals surface area contributed by atoms with Gasteiger partial charge in [-0.3, -0.25) is 10.1 Å². The summed E-state index contributed by atoms with van der Waals surface area (Å²) in [5.41, 5.74) is 0.976. The molecule has 1 heterocycles. The third-order valence-electron chi connectivity index (χ3n) is 0.984. The summed E-state index contributed by atoms with van der Waals surface area (Å²) < 4.78 is 0. The lowest BCUT2D eigenvalue weighted by atomic mass is 10.5. The normalized spacial score (nSPS) is 8.50. The minimum Gasteiger partial charge on any atom is -0.283 e. The first-order valence-corrected chi connectivity index (χ1v) is 3.04. The molecule has 1 N–H and O–H groups in total. The summed E-state index contributed by atoms with van der Waals surface area (Å²) in [4.78, 5) is 3.93. The van der Waals surface area contributed by atoms with E-state index < -0.39 is 0 Å². The summed E-state index contributed by atoms with van der Waals surface area (Å²) >= 11 is 0. The van der Waals surface area contributed by atoms with Crippen LogP contribution < -0.4 is 0 Å². The molecule has 52 valence electrons. The number of nitrogens with one attached hydrogen (secondary N) is 1. The van der Waals surface area contributed by atoms with Gasteiger partial charge in [-0.25, -0.2) is 0 Å². The summed E-state index contributed by atoms with van der Waals surface area (Å²) in [6, 6.07) is 3.61. The molecule has 1 rings (SSSR count). The first-order valence-electron chi connectivity index (χ1n) is 3.04. The molecule has 0 saturated heterocycles. The monoisotopic (exact) mass is 135 g/mol. The maximum atomic E-state index is 3.93. The maximum Gasteiger partial charge on any atom is 0.0487 e. The zero-order chi connectivity index (χ0) is 7.23. The first-order chi connectivity index (χ1) is 4.89. The Balaban J connectivity index is 3.13. The van der Waals surface area contributed by atoms with E-state index in [4.69, 9.17) is 0 Å². The van der Waals surface area contributed by atoms with Gasteiger partial charge < -0.3 is 0 Å². The van der Waals surface area contributed by atoms with Crippen molar-refractivity contribution in [3.63, 3.8) is 0 Å². The predicted octanol–water partition coefficient (Wildman–Crippen LogP) is 1.24. The van der Waals surface area contributed by atoms with Crippen LogP contribution in [-0.4, -0.2) is 15.2 Å². The van der Waals surface area contributed by atoms with E-state index in [1.807, 2.05) is 13.0 Å². The Morgan fingerprint density at radius 2 is 2.20 bits per heavy atom. The predicted molar refractivity (Wildman–Crippen MR) is 38.7 cm³/mol. The van der Waals surface area contributed by atoms with E-state index in [1.165, 1.54) is 0 Å². The van der Waals surface area contributed by atoms with Gasteiger partial charge in [0, 0.05) is 24.3 Å². The summed E-state index contributed by atoms with van der Waals surface area (Å²) in [5.74, 6) is 0. The lowest BCUT2D eigenvalue weighted by molar-refractivity contribution is 0.999. The second-order valence-corrected chi connectivity index (χ2v) is 1.88. The van der Waals surface area contributed by atoms with Gasteiger partial charge in [-0.05, 0) is 19.1 Å². The summed E-state index contributed by atoms with van der Waals surface area (Å²) in [7, 11) is 0. The Hall–Kier alpha value is -1.38. The molecule has 0 atom stereocenters. The fraction of sp³-hybridized carbons (Fsp3) is 0.143. The number of rotatable bonds is 0. The van der Waals surface area contributed by atoms with Gasteiger partial charge in [0.2, 0.25) is 0 Å². The lowest BCUT2D eigenvalue weighted by Crippen LogP contribution is -1.75. The largest absolute Gasteiger partial charge is 0.283 e.